The molecule has 0 heterocycles. The summed E-state index contributed by atoms with van der Waals surface area (Å²) in [4.78, 5) is 0. The molecule has 0 radical (unpaired) electrons. The van der Waals surface area contributed by atoms with Gasteiger partial charge in [-0.15, -0.1) is 0 Å². The van der Waals surface area contributed by atoms with Crippen LogP contribution in [0.1, 0.15) is 12.8 Å². The quantitative estimate of drug-likeness (QED) is 0.590. The molecule has 9 heavy (non-hydrogen) atoms. The maximum Gasteiger partial charge on any atom is 0.0511 e. The third-order valence-corrected chi connectivity index (χ3v) is 3.73. The highest BCUT2D eigenvalue weighted by Gasteiger charge is 2.08. The van der Waals surface area contributed by atoms with Gasteiger partial charge in [-0.05, 0) is 35.4 Å². The fourth-order valence-electron chi connectivity index (χ4n) is 0.655. The summed E-state index contributed by atoms with van der Waals surface area (Å²) in [6, 6.07) is 0. The molecule has 1 rings (SSSR count). The van der Waals surface area contributed by atoms with Crippen molar-refractivity contribution in [3.8, 4) is 0 Å². The zero-order valence-corrected chi connectivity index (χ0v) is 8.29. The standard InChI is InChI=1S/C6H5Cl2I/c7-4-2-1-3-5(8)6(4)9/h2H,1,3H2. The van der Waals surface area contributed by atoms with E-state index in [2.05, 4.69) is 22.6 Å². The Morgan fingerprint density at radius 1 is 1.44 bits per heavy atom. The molecule has 0 fully saturated rings. The van der Waals surface area contributed by atoms with Crippen molar-refractivity contribution >= 4 is 45.8 Å². The van der Waals surface area contributed by atoms with Gasteiger partial charge >= 0.3 is 0 Å². The number of allylic oxidation sites excluding steroid dienone is 4. The van der Waals surface area contributed by atoms with Crippen LogP contribution in [0.4, 0.5) is 0 Å². The Kier molecular flexibility index (Phi) is 2.86. The van der Waals surface area contributed by atoms with Crippen LogP contribution >= 0.6 is 45.8 Å². The molecule has 0 aromatic rings. The maximum absolute atomic E-state index is 5.81. The average molecular weight is 275 g/mol. The van der Waals surface area contributed by atoms with Crippen molar-refractivity contribution in [1.82, 2.24) is 0 Å². The van der Waals surface area contributed by atoms with Crippen LogP contribution in [-0.4, -0.2) is 0 Å². The molecule has 0 atom stereocenters. The van der Waals surface area contributed by atoms with E-state index >= 15 is 0 Å². The van der Waals surface area contributed by atoms with E-state index in [9.17, 15) is 0 Å². The number of hydrogen-bond donors (Lipinski definition) is 0. The van der Waals surface area contributed by atoms with Crippen molar-refractivity contribution in [3.63, 3.8) is 0 Å². The van der Waals surface area contributed by atoms with Crippen LogP contribution in [-0.2, 0) is 0 Å². The second-order valence-electron chi connectivity index (χ2n) is 1.81. The van der Waals surface area contributed by atoms with E-state index in [1.807, 2.05) is 6.08 Å². The van der Waals surface area contributed by atoms with Crippen molar-refractivity contribution in [2.45, 2.75) is 12.8 Å². The molecule has 0 aliphatic heterocycles. The smallest absolute Gasteiger partial charge is 0.0511 e. The molecule has 0 amide bonds. The van der Waals surface area contributed by atoms with Crippen LogP contribution in [0, 0.1) is 0 Å². The molecule has 50 valence electrons. The monoisotopic (exact) mass is 274 g/mol. The first-order chi connectivity index (χ1) is 4.22. The first-order valence-corrected chi connectivity index (χ1v) is 4.45. The van der Waals surface area contributed by atoms with Gasteiger partial charge < -0.3 is 0 Å². The summed E-state index contributed by atoms with van der Waals surface area (Å²) in [5, 5.41) is 1.69. The normalized spacial score (nSPS) is 20.1. The minimum atomic E-state index is 0.798. The molecule has 0 spiro atoms. The molecule has 0 aromatic heterocycles. The van der Waals surface area contributed by atoms with Crippen molar-refractivity contribution in [2.75, 3.05) is 0 Å². The van der Waals surface area contributed by atoms with Gasteiger partial charge in [-0.2, -0.15) is 0 Å². The lowest BCUT2D eigenvalue weighted by Gasteiger charge is -2.07. The second-order valence-corrected chi connectivity index (χ2v) is 3.75. The van der Waals surface area contributed by atoms with Crippen LogP contribution in [0.2, 0.25) is 0 Å². The Labute approximate surface area is 78.0 Å². The van der Waals surface area contributed by atoms with E-state index in [4.69, 9.17) is 23.2 Å². The predicted molar refractivity (Wildman–Crippen MR) is 50.1 cm³/mol. The Morgan fingerprint density at radius 3 is 2.56 bits per heavy atom. The summed E-state index contributed by atoms with van der Waals surface area (Å²) in [7, 11) is 0. The summed E-state index contributed by atoms with van der Waals surface area (Å²) in [5.74, 6) is 0. The minimum Gasteiger partial charge on any atom is -0.0879 e. The summed E-state index contributed by atoms with van der Waals surface area (Å²) in [5.41, 5.74) is 0. The number of halogens is 3. The van der Waals surface area contributed by atoms with Gasteiger partial charge in [0.1, 0.15) is 0 Å². The predicted octanol–water partition coefficient (Wildman–Crippen LogP) is 3.79. The molecule has 0 saturated carbocycles. The van der Waals surface area contributed by atoms with Crippen LogP contribution in [0.25, 0.3) is 0 Å². The van der Waals surface area contributed by atoms with Crippen LogP contribution in [0.3, 0.4) is 0 Å². The molecular formula is C6H5Cl2I. The lowest BCUT2D eigenvalue weighted by Crippen LogP contribution is -1.86. The molecular weight excluding hydrogens is 270 g/mol. The van der Waals surface area contributed by atoms with Gasteiger partial charge in [0.15, 0.2) is 0 Å². The van der Waals surface area contributed by atoms with Crippen molar-refractivity contribution in [1.29, 1.82) is 0 Å². The topological polar surface area (TPSA) is 0 Å². The third kappa shape index (κ3) is 1.85. The van der Waals surface area contributed by atoms with Gasteiger partial charge in [0.25, 0.3) is 0 Å². The summed E-state index contributed by atoms with van der Waals surface area (Å²) >= 11 is 13.7. The lowest BCUT2D eigenvalue weighted by atomic mass is 10.2. The SMILES string of the molecule is ClC1=CCCC(Cl)=C1I. The highest BCUT2D eigenvalue weighted by molar-refractivity contribution is 14.1. The zero-order valence-electron chi connectivity index (χ0n) is 4.63. The maximum atomic E-state index is 5.81. The fraction of sp³-hybridized carbons (Fsp3) is 0.333. The molecule has 3 heteroatoms. The molecule has 0 nitrogen and oxygen atoms in total. The third-order valence-electron chi connectivity index (χ3n) is 1.14. The van der Waals surface area contributed by atoms with E-state index in [0.29, 0.717) is 0 Å². The minimum absolute atomic E-state index is 0.798. The first kappa shape index (κ1) is 7.89. The summed E-state index contributed by atoms with van der Waals surface area (Å²) in [6.45, 7) is 0. The molecule has 1 aliphatic carbocycles. The lowest BCUT2D eigenvalue weighted by molar-refractivity contribution is 1.01. The van der Waals surface area contributed by atoms with E-state index in [0.717, 1.165) is 26.5 Å². The molecule has 0 saturated heterocycles. The van der Waals surface area contributed by atoms with Crippen LogP contribution in [0.15, 0.2) is 19.7 Å². The van der Waals surface area contributed by atoms with Gasteiger partial charge in [0.2, 0.25) is 0 Å². The molecule has 0 N–H and O–H groups in total. The Balaban J connectivity index is 2.88. The number of hydrogen-bond acceptors (Lipinski definition) is 0. The highest BCUT2D eigenvalue weighted by Crippen LogP contribution is 2.34. The Morgan fingerprint density at radius 2 is 2.11 bits per heavy atom. The van der Waals surface area contributed by atoms with Gasteiger partial charge in [-0.3, -0.25) is 0 Å². The van der Waals surface area contributed by atoms with Crippen LogP contribution in [0.5, 0.6) is 0 Å². The van der Waals surface area contributed by atoms with Gasteiger partial charge in [-0.1, -0.05) is 29.3 Å². The fourth-order valence-corrected chi connectivity index (χ4v) is 1.63. The van der Waals surface area contributed by atoms with Crippen molar-refractivity contribution in [2.24, 2.45) is 0 Å². The molecule has 0 bridgehead atoms. The second kappa shape index (κ2) is 3.26. The van der Waals surface area contributed by atoms with Crippen molar-refractivity contribution < 1.29 is 0 Å². The van der Waals surface area contributed by atoms with Gasteiger partial charge in [0.05, 0.1) is 5.03 Å². The molecule has 1 aliphatic rings. The largest absolute Gasteiger partial charge is 0.0879 e. The van der Waals surface area contributed by atoms with E-state index in [1.54, 1.807) is 0 Å². The van der Waals surface area contributed by atoms with Gasteiger partial charge in [0, 0.05) is 8.61 Å². The van der Waals surface area contributed by atoms with Gasteiger partial charge in [-0.25, -0.2) is 0 Å². The van der Waals surface area contributed by atoms with Crippen LogP contribution < -0.4 is 0 Å². The van der Waals surface area contributed by atoms with Crippen molar-refractivity contribution in [3.05, 3.63) is 19.7 Å². The number of rotatable bonds is 0. The Bertz CT molecular complexity index is 181. The summed E-state index contributed by atoms with van der Waals surface area (Å²) < 4.78 is 1.00. The Hall–Kier alpha value is 0.790. The highest BCUT2D eigenvalue weighted by atomic mass is 127. The zero-order chi connectivity index (χ0) is 6.85. The average Bonchev–Trinajstić information content (AvgIpc) is 1.83. The first-order valence-electron chi connectivity index (χ1n) is 2.62. The molecule has 0 aromatic carbocycles. The van der Waals surface area contributed by atoms with E-state index in [-0.39, 0.29) is 0 Å². The van der Waals surface area contributed by atoms with E-state index in [1.165, 1.54) is 0 Å². The van der Waals surface area contributed by atoms with E-state index < -0.39 is 0 Å². The summed E-state index contributed by atoms with van der Waals surface area (Å²) in [6.07, 6.45) is 3.91. The molecule has 0 unspecified atom stereocenters.